The van der Waals surface area contributed by atoms with Crippen molar-refractivity contribution in [2.45, 2.75) is 33.2 Å². The van der Waals surface area contributed by atoms with E-state index in [-0.39, 0.29) is 24.3 Å². The zero-order valence-corrected chi connectivity index (χ0v) is 19.2. The Labute approximate surface area is 193 Å². The fourth-order valence-corrected chi connectivity index (χ4v) is 4.24. The van der Waals surface area contributed by atoms with Gasteiger partial charge in [-0.15, -0.1) is 5.10 Å². The normalized spacial score (nSPS) is 15.8. The van der Waals surface area contributed by atoms with E-state index in [1.165, 1.54) is 0 Å². The van der Waals surface area contributed by atoms with Crippen LogP contribution in [0.1, 0.15) is 40.0 Å². The molecule has 2 heterocycles. The first-order valence-corrected chi connectivity index (χ1v) is 11.1. The zero-order valence-electron chi connectivity index (χ0n) is 19.2. The van der Waals surface area contributed by atoms with Gasteiger partial charge in [0.1, 0.15) is 11.4 Å². The number of likely N-dealkylation sites (tertiary alicyclic amines) is 1. The van der Waals surface area contributed by atoms with Crippen molar-refractivity contribution in [3.8, 4) is 11.4 Å². The highest BCUT2D eigenvalue weighted by molar-refractivity contribution is 5.95. The summed E-state index contributed by atoms with van der Waals surface area (Å²) >= 11 is 0. The average molecular weight is 448 g/mol. The van der Waals surface area contributed by atoms with Crippen molar-refractivity contribution < 1.29 is 14.3 Å². The maximum absolute atomic E-state index is 13.0. The van der Waals surface area contributed by atoms with E-state index < -0.39 is 0 Å². The number of aromatic nitrogens is 3. The summed E-state index contributed by atoms with van der Waals surface area (Å²) in [6, 6.07) is 13.4. The third-order valence-electron chi connectivity index (χ3n) is 5.85. The molecule has 1 fully saturated rings. The van der Waals surface area contributed by atoms with Gasteiger partial charge >= 0.3 is 0 Å². The van der Waals surface area contributed by atoms with E-state index in [0.717, 1.165) is 35.4 Å². The van der Waals surface area contributed by atoms with Crippen LogP contribution >= 0.6 is 0 Å². The fourth-order valence-electron chi connectivity index (χ4n) is 4.24. The predicted octanol–water partition coefficient (Wildman–Crippen LogP) is 3.06. The van der Waals surface area contributed by atoms with Crippen molar-refractivity contribution in [1.29, 1.82) is 0 Å². The smallest absolute Gasteiger partial charge is 0.253 e. The Morgan fingerprint density at radius 2 is 1.94 bits per heavy atom. The molecule has 1 atom stereocenters. The van der Waals surface area contributed by atoms with Crippen molar-refractivity contribution in [2.24, 2.45) is 5.92 Å². The van der Waals surface area contributed by atoms with Crippen molar-refractivity contribution in [3.63, 3.8) is 0 Å². The van der Waals surface area contributed by atoms with Crippen LogP contribution in [0.5, 0.6) is 5.75 Å². The molecular formula is C25H29N5O3. The Balaban J connectivity index is 1.35. The lowest BCUT2D eigenvalue weighted by Gasteiger charge is -2.32. The Morgan fingerprint density at radius 3 is 2.70 bits per heavy atom. The van der Waals surface area contributed by atoms with Gasteiger partial charge in [0.15, 0.2) is 0 Å². The predicted molar refractivity (Wildman–Crippen MR) is 124 cm³/mol. The van der Waals surface area contributed by atoms with Gasteiger partial charge in [-0.1, -0.05) is 28.5 Å². The molecule has 0 aliphatic carbocycles. The number of rotatable bonds is 6. The molecule has 8 nitrogen and oxygen atoms in total. The molecule has 0 radical (unpaired) electrons. The number of nitrogens with zero attached hydrogens (tertiary/aromatic N) is 4. The monoisotopic (exact) mass is 447 g/mol. The van der Waals surface area contributed by atoms with E-state index in [4.69, 9.17) is 4.74 Å². The first kappa shape index (κ1) is 22.5. The molecule has 0 bridgehead atoms. The standard InChI is InChI=1S/C25H29N5O3/c1-17-10-18(2)12-20(11-17)25(32)29-9-5-6-19(15-29)24(31)26-14-21-16-30(28-27-21)22-7-4-8-23(13-22)33-3/h4,7-8,10-13,16,19H,5-6,9,14-15H2,1-3H3,(H,26,31)/t19-/m1/s1. The highest BCUT2D eigenvalue weighted by Gasteiger charge is 2.29. The van der Waals surface area contributed by atoms with Crippen LogP contribution in [0.25, 0.3) is 5.69 Å². The van der Waals surface area contributed by atoms with E-state index in [1.54, 1.807) is 22.9 Å². The lowest BCUT2D eigenvalue weighted by Crippen LogP contribution is -2.45. The van der Waals surface area contributed by atoms with Crippen LogP contribution < -0.4 is 10.1 Å². The van der Waals surface area contributed by atoms with Gasteiger partial charge in [-0.05, 0) is 51.0 Å². The molecule has 1 N–H and O–H groups in total. The SMILES string of the molecule is COc1cccc(-n2cc(CNC(=O)[C@@H]3CCCN(C(=O)c4cc(C)cc(C)c4)C3)nn2)c1. The minimum Gasteiger partial charge on any atom is -0.497 e. The number of ether oxygens (including phenoxy) is 1. The van der Waals surface area contributed by atoms with Crippen LogP contribution in [0.2, 0.25) is 0 Å². The van der Waals surface area contributed by atoms with E-state index >= 15 is 0 Å². The molecule has 0 unspecified atom stereocenters. The first-order valence-electron chi connectivity index (χ1n) is 11.1. The molecule has 172 valence electrons. The highest BCUT2D eigenvalue weighted by atomic mass is 16.5. The third kappa shape index (κ3) is 5.39. The van der Waals surface area contributed by atoms with Crippen molar-refractivity contribution in [2.75, 3.05) is 20.2 Å². The molecule has 1 aliphatic heterocycles. The van der Waals surface area contributed by atoms with E-state index in [2.05, 4.69) is 15.6 Å². The number of benzene rings is 2. The molecule has 1 aromatic heterocycles. The summed E-state index contributed by atoms with van der Waals surface area (Å²) < 4.78 is 6.90. The largest absolute Gasteiger partial charge is 0.497 e. The van der Waals surface area contributed by atoms with Crippen LogP contribution in [0.4, 0.5) is 0 Å². The number of hydrogen-bond donors (Lipinski definition) is 1. The Bertz CT molecular complexity index is 1140. The molecule has 0 saturated carbocycles. The Hall–Kier alpha value is -3.68. The van der Waals surface area contributed by atoms with Gasteiger partial charge in [-0.2, -0.15) is 0 Å². The molecule has 4 rings (SSSR count). The molecule has 33 heavy (non-hydrogen) atoms. The Kier molecular flexibility index (Phi) is 6.72. The molecular weight excluding hydrogens is 418 g/mol. The first-order chi connectivity index (χ1) is 15.9. The topological polar surface area (TPSA) is 89.4 Å². The van der Waals surface area contributed by atoms with Crippen molar-refractivity contribution in [1.82, 2.24) is 25.2 Å². The van der Waals surface area contributed by atoms with Crippen LogP contribution in [-0.4, -0.2) is 51.9 Å². The zero-order chi connectivity index (χ0) is 23.4. The van der Waals surface area contributed by atoms with Gasteiger partial charge in [-0.25, -0.2) is 4.68 Å². The number of amides is 2. The molecule has 8 heteroatoms. The number of piperidine rings is 1. The van der Waals surface area contributed by atoms with E-state index in [0.29, 0.717) is 24.3 Å². The summed E-state index contributed by atoms with van der Waals surface area (Å²) in [5.74, 6) is 0.418. The van der Waals surface area contributed by atoms with Crippen LogP contribution in [0.15, 0.2) is 48.7 Å². The van der Waals surface area contributed by atoms with Crippen LogP contribution in [0, 0.1) is 19.8 Å². The van der Waals surface area contributed by atoms with E-state index in [1.807, 2.05) is 56.3 Å². The van der Waals surface area contributed by atoms with Gasteiger partial charge in [0.2, 0.25) is 5.91 Å². The van der Waals surface area contributed by atoms with Gasteiger partial charge in [0, 0.05) is 24.7 Å². The summed E-state index contributed by atoms with van der Waals surface area (Å²) in [5.41, 5.74) is 4.29. The number of hydrogen-bond acceptors (Lipinski definition) is 5. The van der Waals surface area contributed by atoms with Crippen molar-refractivity contribution >= 4 is 11.8 Å². The summed E-state index contributed by atoms with van der Waals surface area (Å²) in [6.07, 6.45) is 3.35. The lowest BCUT2D eigenvalue weighted by molar-refractivity contribution is -0.126. The number of carbonyl (C=O) groups excluding carboxylic acids is 2. The third-order valence-corrected chi connectivity index (χ3v) is 5.85. The van der Waals surface area contributed by atoms with Gasteiger partial charge < -0.3 is 15.0 Å². The highest BCUT2D eigenvalue weighted by Crippen LogP contribution is 2.20. The van der Waals surface area contributed by atoms with Crippen LogP contribution in [-0.2, 0) is 11.3 Å². The van der Waals surface area contributed by atoms with Crippen LogP contribution in [0.3, 0.4) is 0 Å². The summed E-state index contributed by atoms with van der Waals surface area (Å²) in [6.45, 7) is 5.35. The number of aryl methyl sites for hydroxylation is 2. The number of nitrogens with one attached hydrogen (secondary N) is 1. The number of methoxy groups -OCH3 is 1. The quantitative estimate of drug-likeness (QED) is 0.627. The lowest BCUT2D eigenvalue weighted by atomic mass is 9.96. The molecule has 3 aromatic rings. The number of carbonyl (C=O) groups is 2. The second-order valence-electron chi connectivity index (χ2n) is 8.54. The van der Waals surface area contributed by atoms with Gasteiger partial charge in [0.05, 0.1) is 31.5 Å². The summed E-state index contributed by atoms with van der Waals surface area (Å²) in [5, 5.41) is 11.3. The Morgan fingerprint density at radius 1 is 1.15 bits per heavy atom. The maximum Gasteiger partial charge on any atom is 0.253 e. The molecule has 2 amide bonds. The molecule has 0 spiro atoms. The molecule has 2 aromatic carbocycles. The van der Waals surface area contributed by atoms with Gasteiger partial charge in [0.25, 0.3) is 5.91 Å². The minimum atomic E-state index is -0.234. The summed E-state index contributed by atoms with van der Waals surface area (Å²) in [4.78, 5) is 27.6. The molecule has 1 saturated heterocycles. The van der Waals surface area contributed by atoms with Crippen molar-refractivity contribution in [3.05, 3.63) is 71.0 Å². The maximum atomic E-state index is 13.0. The fraction of sp³-hybridized carbons (Fsp3) is 0.360. The average Bonchev–Trinajstić information content (AvgIpc) is 3.30. The second kappa shape index (κ2) is 9.85. The van der Waals surface area contributed by atoms with E-state index in [9.17, 15) is 9.59 Å². The molecule has 1 aliphatic rings. The summed E-state index contributed by atoms with van der Waals surface area (Å²) in [7, 11) is 1.61. The second-order valence-corrected chi connectivity index (χ2v) is 8.54. The minimum absolute atomic E-state index is 0.0134. The van der Waals surface area contributed by atoms with Gasteiger partial charge in [-0.3, -0.25) is 9.59 Å².